The van der Waals surface area contributed by atoms with Gasteiger partial charge in [0.05, 0.1) is 6.61 Å². The van der Waals surface area contributed by atoms with E-state index in [0.29, 0.717) is 31.8 Å². The average Bonchev–Trinajstić information content (AvgIpc) is 2.88. The van der Waals surface area contributed by atoms with E-state index in [1.54, 1.807) is 7.11 Å². The lowest BCUT2D eigenvalue weighted by molar-refractivity contribution is 0.165. The maximum atomic E-state index is 5.85. The first-order valence-corrected chi connectivity index (χ1v) is 7.54. The third-order valence-electron chi connectivity index (χ3n) is 4.43. The van der Waals surface area contributed by atoms with Gasteiger partial charge in [0.25, 0.3) is 0 Å². The number of hydrogen-bond acceptors (Lipinski definition) is 5. The molecule has 116 valence electrons. The van der Waals surface area contributed by atoms with Gasteiger partial charge in [0.2, 0.25) is 0 Å². The van der Waals surface area contributed by atoms with E-state index in [0.717, 1.165) is 31.0 Å². The van der Waals surface area contributed by atoms with Crippen molar-refractivity contribution in [3.05, 3.63) is 23.3 Å². The number of nitrogens with two attached hydrogens (primary N) is 1. The van der Waals surface area contributed by atoms with Crippen molar-refractivity contribution in [2.75, 3.05) is 40.5 Å². The van der Waals surface area contributed by atoms with Gasteiger partial charge in [-0.05, 0) is 49.2 Å². The van der Waals surface area contributed by atoms with Crippen LogP contribution in [-0.4, -0.2) is 45.4 Å². The maximum Gasteiger partial charge on any atom is 0.161 e. The number of hydrogen-bond donors (Lipinski definition) is 1. The highest BCUT2D eigenvalue weighted by Gasteiger charge is 2.32. The van der Waals surface area contributed by atoms with E-state index >= 15 is 0 Å². The molecule has 21 heavy (non-hydrogen) atoms. The Kier molecular flexibility index (Phi) is 4.33. The molecule has 3 rings (SSSR count). The summed E-state index contributed by atoms with van der Waals surface area (Å²) in [5, 5.41) is 0. The molecule has 2 heterocycles. The van der Waals surface area contributed by atoms with Crippen LogP contribution < -0.4 is 15.2 Å². The normalized spacial score (nSPS) is 25.3. The van der Waals surface area contributed by atoms with E-state index < -0.39 is 0 Å². The highest BCUT2D eigenvalue weighted by atomic mass is 16.6. The quantitative estimate of drug-likeness (QED) is 0.912. The number of likely N-dealkylation sites (tertiary alicyclic amines) is 1. The molecule has 0 bridgehead atoms. The Bertz CT molecular complexity index is 507. The van der Waals surface area contributed by atoms with Crippen LogP contribution in [0.5, 0.6) is 11.5 Å². The fraction of sp³-hybridized carbons (Fsp3) is 0.625. The van der Waals surface area contributed by atoms with Gasteiger partial charge in [0.1, 0.15) is 13.2 Å². The first kappa shape index (κ1) is 14.6. The van der Waals surface area contributed by atoms with Gasteiger partial charge in [-0.25, -0.2) is 0 Å². The van der Waals surface area contributed by atoms with Crippen molar-refractivity contribution in [2.45, 2.75) is 19.1 Å². The molecule has 1 aromatic carbocycles. The van der Waals surface area contributed by atoms with Crippen molar-refractivity contribution in [3.8, 4) is 11.5 Å². The first-order chi connectivity index (χ1) is 10.2. The van der Waals surface area contributed by atoms with Crippen molar-refractivity contribution >= 4 is 0 Å². The van der Waals surface area contributed by atoms with Gasteiger partial charge >= 0.3 is 0 Å². The molecule has 5 nitrogen and oxygen atoms in total. The monoisotopic (exact) mass is 292 g/mol. The summed E-state index contributed by atoms with van der Waals surface area (Å²) >= 11 is 0. The van der Waals surface area contributed by atoms with Gasteiger partial charge in [-0.2, -0.15) is 0 Å². The van der Waals surface area contributed by atoms with E-state index in [4.69, 9.17) is 19.9 Å². The molecule has 1 saturated heterocycles. The van der Waals surface area contributed by atoms with Crippen LogP contribution in [0.3, 0.4) is 0 Å². The van der Waals surface area contributed by atoms with Crippen LogP contribution in [0.25, 0.3) is 0 Å². The summed E-state index contributed by atoms with van der Waals surface area (Å²) in [4.78, 5) is 2.38. The summed E-state index contributed by atoms with van der Waals surface area (Å²) in [5.41, 5.74) is 8.30. The lowest BCUT2D eigenvalue weighted by atomic mass is 9.95. The van der Waals surface area contributed by atoms with E-state index in [-0.39, 0.29) is 0 Å². The van der Waals surface area contributed by atoms with Crippen LogP contribution in [0.2, 0.25) is 0 Å². The van der Waals surface area contributed by atoms with Gasteiger partial charge in [-0.15, -0.1) is 0 Å². The van der Waals surface area contributed by atoms with Crippen LogP contribution in [0.15, 0.2) is 12.1 Å². The maximum absolute atomic E-state index is 5.85. The molecule has 2 aliphatic heterocycles. The van der Waals surface area contributed by atoms with Gasteiger partial charge < -0.3 is 19.9 Å². The van der Waals surface area contributed by atoms with E-state index in [9.17, 15) is 0 Å². The van der Waals surface area contributed by atoms with Gasteiger partial charge in [0, 0.05) is 19.7 Å². The number of benzene rings is 1. The fourth-order valence-corrected chi connectivity index (χ4v) is 3.38. The topological polar surface area (TPSA) is 57.0 Å². The van der Waals surface area contributed by atoms with Gasteiger partial charge in [-0.1, -0.05) is 0 Å². The predicted octanol–water partition coefficient (Wildman–Crippen LogP) is 1.56. The van der Waals surface area contributed by atoms with Crippen molar-refractivity contribution in [3.63, 3.8) is 0 Å². The van der Waals surface area contributed by atoms with Crippen LogP contribution in [0.1, 0.15) is 23.6 Å². The smallest absolute Gasteiger partial charge is 0.161 e. The minimum Gasteiger partial charge on any atom is -0.486 e. The predicted molar refractivity (Wildman–Crippen MR) is 80.7 cm³/mol. The van der Waals surface area contributed by atoms with Crippen LogP contribution in [-0.2, 0) is 11.3 Å². The molecule has 0 aliphatic carbocycles. The Balaban J connectivity index is 1.95. The summed E-state index contributed by atoms with van der Waals surface area (Å²) in [6.45, 7) is 3.59. The zero-order chi connectivity index (χ0) is 14.8. The molecule has 2 N–H and O–H groups in total. The molecule has 0 amide bonds. The molecule has 1 fully saturated rings. The molecular weight excluding hydrogens is 268 g/mol. The fourth-order valence-electron chi connectivity index (χ4n) is 3.38. The van der Waals surface area contributed by atoms with Crippen LogP contribution >= 0.6 is 0 Å². The zero-order valence-electron chi connectivity index (χ0n) is 12.8. The third-order valence-corrected chi connectivity index (χ3v) is 4.43. The van der Waals surface area contributed by atoms with Crippen molar-refractivity contribution in [1.82, 2.24) is 4.90 Å². The van der Waals surface area contributed by atoms with Crippen molar-refractivity contribution < 1.29 is 14.2 Å². The molecule has 0 spiro atoms. The highest BCUT2D eigenvalue weighted by Crippen LogP contribution is 2.41. The lowest BCUT2D eigenvalue weighted by Crippen LogP contribution is -2.22. The van der Waals surface area contributed by atoms with Crippen molar-refractivity contribution in [1.29, 1.82) is 0 Å². The second kappa shape index (κ2) is 6.22. The van der Waals surface area contributed by atoms with Crippen molar-refractivity contribution in [2.24, 2.45) is 11.7 Å². The summed E-state index contributed by atoms with van der Waals surface area (Å²) in [5.74, 6) is 2.23. The Morgan fingerprint density at radius 2 is 2.00 bits per heavy atom. The number of nitrogens with zero attached hydrogens (tertiary/aromatic N) is 1. The molecule has 2 unspecified atom stereocenters. The highest BCUT2D eigenvalue weighted by molar-refractivity contribution is 5.49. The molecule has 1 aromatic rings. The standard InChI is InChI=1S/C16H24N2O3/c1-18-9-11(8-17)5-14(18)13-7-16-15(20-3-4-21-16)6-12(13)10-19-2/h6-7,11,14H,3-5,8-10,17H2,1-2H3. The first-order valence-electron chi connectivity index (χ1n) is 7.54. The van der Waals surface area contributed by atoms with Gasteiger partial charge in [-0.3, -0.25) is 4.90 Å². The molecule has 2 aliphatic rings. The summed E-state index contributed by atoms with van der Waals surface area (Å²) < 4.78 is 16.8. The molecule has 0 radical (unpaired) electrons. The van der Waals surface area contributed by atoms with E-state index in [1.807, 2.05) is 0 Å². The number of fused-ring (bicyclic) bond motifs is 1. The Morgan fingerprint density at radius 1 is 1.29 bits per heavy atom. The molecular formula is C16H24N2O3. The summed E-state index contributed by atoms with van der Waals surface area (Å²) in [7, 11) is 3.88. The number of methoxy groups -OCH3 is 1. The lowest BCUT2D eigenvalue weighted by Gasteiger charge is -2.26. The Morgan fingerprint density at radius 3 is 2.62 bits per heavy atom. The second-order valence-corrected chi connectivity index (χ2v) is 5.92. The van der Waals surface area contributed by atoms with E-state index in [2.05, 4.69) is 24.1 Å². The van der Waals surface area contributed by atoms with Crippen LogP contribution in [0, 0.1) is 5.92 Å². The number of ether oxygens (including phenoxy) is 3. The SMILES string of the molecule is COCc1cc2c(cc1C1CC(CN)CN1C)OCCO2. The largest absolute Gasteiger partial charge is 0.486 e. The number of rotatable bonds is 4. The zero-order valence-corrected chi connectivity index (χ0v) is 12.8. The third kappa shape index (κ3) is 2.86. The Hall–Kier alpha value is -1.30. The van der Waals surface area contributed by atoms with Gasteiger partial charge in [0.15, 0.2) is 11.5 Å². The minimum atomic E-state index is 0.375. The summed E-state index contributed by atoms with van der Waals surface area (Å²) in [6.07, 6.45) is 1.09. The Labute approximate surface area is 126 Å². The molecule has 2 atom stereocenters. The molecule has 5 heteroatoms. The molecule has 0 saturated carbocycles. The molecule has 0 aromatic heterocycles. The van der Waals surface area contributed by atoms with Crippen LogP contribution in [0.4, 0.5) is 0 Å². The minimum absolute atomic E-state index is 0.375. The van der Waals surface area contributed by atoms with E-state index in [1.165, 1.54) is 11.1 Å². The average molecular weight is 292 g/mol. The summed E-state index contributed by atoms with van der Waals surface area (Å²) in [6, 6.07) is 4.57. The second-order valence-electron chi connectivity index (χ2n) is 5.92.